The number of carboxylic acids is 1. The van der Waals surface area contributed by atoms with E-state index in [1.54, 1.807) is 0 Å². The van der Waals surface area contributed by atoms with Crippen molar-refractivity contribution in [2.45, 2.75) is 12.3 Å². The fraction of sp³-hybridized carbons (Fsp3) is 0.714. The van der Waals surface area contributed by atoms with Gasteiger partial charge in [-0.2, -0.15) is 13.2 Å². The lowest BCUT2D eigenvalue weighted by Gasteiger charge is -2.14. The number of hydrogen-bond donors (Lipinski definition) is 3. The number of carbonyl (C=O) groups is 2. The molecule has 16 heavy (non-hydrogen) atoms. The molecule has 1 atom stereocenters. The molecule has 0 aromatic carbocycles. The number of thioether (sulfide) groups is 1. The summed E-state index contributed by atoms with van der Waals surface area (Å²) in [6.07, 6.45) is -7.39. The Balaban J connectivity index is 3.70. The summed E-state index contributed by atoms with van der Waals surface area (Å²) in [6, 6.07) is 0. The number of aliphatic carboxylic acids is 1. The van der Waals surface area contributed by atoms with Gasteiger partial charge in [0, 0.05) is 0 Å². The minimum atomic E-state index is -4.78. The number of carbonyl (C=O) groups excluding carboxylic acids is 1. The van der Waals surface area contributed by atoms with E-state index in [-0.39, 0.29) is 11.5 Å². The first-order chi connectivity index (χ1) is 7.23. The first-order valence-electron chi connectivity index (χ1n) is 4.04. The summed E-state index contributed by atoms with van der Waals surface area (Å²) in [5.41, 5.74) is 0. The van der Waals surface area contributed by atoms with Crippen LogP contribution in [-0.2, 0) is 9.59 Å². The van der Waals surface area contributed by atoms with E-state index in [4.69, 9.17) is 10.2 Å². The van der Waals surface area contributed by atoms with Gasteiger partial charge in [0.1, 0.15) is 0 Å². The lowest BCUT2D eigenvalue weighted by Crippen LogP contribution is -2.41. The molecule has 1 amide bonds. The van der Waals surface area contributed by atoms with Crippen molar-refractivity contribution < 1.29 is 33.0 Å². The molecule has 0 aromatic rings. The zero-order valence-corrected chi connectivity index (χ0v) is 8.77. The SMILES string of the molecule is O=C(O)CSCC(=O)NCC(O)C(F)(F)F. The zero-order chi connectivity index (χ0) is 12.8. The van der Waals surface area contributed by atoms with E-state index in [1.165, 1.54) is 0 Å². The molecule has 0 aliphatic heterocycles. The van der Waals surface area contributed by atoms with Gasteiger partial charge in [-0.15, -0.1) is 11.8 Å². The predicted molar refractivity (Wildman–Crippen MR) is 50.0 cm³/mol. The van der Waals surface area contributed by atoms with Crippen LogP contribution in [0.15, 0.2) is 0 Å². The molecular weight excluding hydrogens is 251 g/mol. The van der Waals surface area contributed by atoms with Gasteiger partial charge in [0.15, 0.2) is 6.10 Å². The Labute approximate surface area is 93.0 Å². The quantitative estimate of drug-likeness (QED) is 0.618. The van der Waals surface area contributed by atoms with Gasteiger partial charge in [-0.25, -0.2) is 0 Å². The van der Waals surface area contributed by atoms with E-state index in [0.717, 1.165) is 11.8 Å². The second-order valence-corrected chi connectivity index (χ2v) is 3.73. The number of carboxylic acid groups (broad SMARTS) is 1. The topological polar surface area (TPSA) is 86.6 Å². The van der Waals surface area contributed by atoms with Crippen LogP contribution in [0.2, 0.25) is 0 Å². The molecule has 0 saturated carbocycles. The second kappa shape index (κ2) is 6.59. The summed E-state index contributed by atoms with van der Waals surface area (Å²) >= 11 is 0.754. The molecule has 3 N–H and O–H groups in total. The summed E-state index contributed by atoms with van der Waals surface area (Å²) in [7, 11) is 0. The fourth-order valence-corrected chi connectivity index (χ4v) is 1.17. The maximum absolute atomic E-state index is 11.8. The van der Waals surface area contributed by atoms with Crippen LogP contribution < -0.4 is 5.32 Å². The molecule has 0 rings (SSSR count). The molecule has 0 fully saturated rings. The number of rotatable bonds is 6. The maximum Gasteiger partial charge on any atom is 0.416 e. The summed E-state index contributed by atoms with van der Waals surface area (Å²) in [4.78, 5) is 20.9. The van der Waals surface area contributed by atoms with Gasteiger partial charge in [-0.3, -0.25) is 9.59 Å². The van der Waals surface area contributed by atoms with Crippen molar-refractivity contribution in [1.82, 2.24) is 5.32 Å². The Morgan fingerprint density at radius 3 is 2.31 bits per heavy atom. The molecule has 5 nitrogen and oxygen atoms in total. The summed E-state index contributed by atoms with van der Waals surface area (Å²) in [5.74, 6) is -2.45. The number of halogens is 3. The number of nitrogens with one attached hydrogen (secondary N) is 1. The number of aliphatic hydroxyl groups excluding tert-OH is 1. The van der Waals surface area contributed by atoms with Gasteiger partial charge in [0.25, 0.3) is 0 Å². The van der Waals surface area contributed by atoms with Crippen LogP contribution in [0.3, 0.4) is 0 Å². The molecule has 0 bridgehead atoms. The van der Waals surface area contributed by atoms with Crippen molar-refractivity contribution >= 4 is 23.6 Å². The average molecular weight is 261 g/mol. The Kier molecular flexibility index (Phi) is 6.19. The minimum absolute atomic E-state index is 0.267. The lowest BCUT2D eigenvalue weighted by molar-refractivity contribution is -0.201. The van der Waals surface area contributed by atoms with Crippen LogP contribution in [0.1, 0.15) is 0 Å². The third-order valence-corrected chi connectivity index (χ3v) is 2.25. The third-order valence-electron chi connectivity index (χ3n) is 1.33. The van der Waals surface area contributed by atoms with E-state index >= 15 is 0 Å². The first-order valence-corrected chi connectivity index (χ1v) is 5.20. The van der Waals surface area contributed by atoms with E-state index in [2.05, 4.69) is 0 Å². The predicted octanol–water partition coefficient (Wildman–Crippen LogP) is -0.156. The standard InChI is InChI=1S/C7H10F3NO4S/c8-7(9,10)4(12)1-11-5(13)2-16-3-6(14)15/h4,12H,1-3H2,(H,11,13)(H,14,15). The van der Waals surface area contributed by atoms with Crippen molar-refractivity contribution in [2.24, 2.45) is 0 Å². The average Bonchev–Trinajstić information content (AvgIpc) is 2.11. The molecule has 9 heteroatoms. The molecule has 0 heterocycles. The van der Waals surface area contributed by atoms with Crippen molar-refractivity contribution in [3.8, 4) is 0 Å². The van der Waals surface area contributed by atoms with Gasteiger partial charge in [0.05, 0.1) is 18.1 Å². The maximum atomic E-state index is 11.8. The lowest BCUT2D eigenvalue weighted by atomic mass is 10.3. The van der Waals surface area contributed by atoms with Crippen LogP contribution in [0, 0.1) is 0 Å². The van der Waals surface area contributed by atoms with Crippen molar-refractivity contribution in [1.29, 1.82) is 0 Å². The summed E-state index contributed by atoms with van der Waals surface area (Å²) < 4.78 is 35.3. The summed E-state index contributed by atoms with van der Waals surface area (Å²) in [6.45, 7) is -0.935. The van der Waals surface area contributed by atoms with E-state index in [1.807, 2.05) is 5.32 Å². The monoisotopic (exact) mass is 261 g/mol. The summed E-state index contributed by atoms with van der Waals surface area (Å²) in [5, 5.41) is 18.6. The highest BCUT2D eigenvalue weighted by Crippen LogP contribution is 2.19. The molecule has 0 aromatic heterocycles. The van der Waals surface area contributed by atoms with Gasteiger partial charge >= 0.3 is 12.1 Å². The third kappa shape index (κ3) is 7.35. The molecule has 0 aliphatic rings. The van der Waals surface area contributed by atoms with Crippen molar-refractivity contribution in [3.63, 3.8) is 0 Å². The van der Waals surface area contributed by atoms with Crippen molar-refractivity contribution in [2.75, 3.05) is 18.1 Å². The van der Waals surface area contributed by atoms with Crippen LogP contribution in [0.25, 0.3) is 0 Å². The molecule has 1 unspecified atom stereocenters. The minimum Gasteiger partial charge on any atom is -0.481 e. The van der Waals surface area contributed by atoms with E-state index in [9.17, 15) is 22.8 Å². The first kappa shape index (κ1) is 15.0. The van der Waals surface area contributed by atoms with E-state index < -0.39 is 30.7 Å². The Morgan fingerprint density at radius 1 is 1.31 bits per heavy atom. The van der Waals surface area contributed by atoms with Gasteiger partial charge in [-0.1, -0.05) is 0 Å². The molecule has 0 spiro atoms. The Morgan fingerprint density at radius 2 is 1.88 bits per heavy atom. The number of alkyl halides is 3. The zero-order valence-electron chi connectivity index (χ0n) is 7.95. The van der Waals surface area contributed by atoms with Crippen LogP contribution in [0.5, 0.6) is 0 Å². The van der Waals surface area contributed by atoms with Crippen LogP contribution in [-0.4, -0.2) is 52.4 Å². The highest BCUT2D eigenvalue weighted by Gasteiger charge is 2.38. The van der Waals surface area contributed by atoms with E-state index in [0.29, 0.717) is 0 Å². The largest absolute Gasteiger partial charge is 0.481 e. The van der Waals surface area contributed by atoms with Crippen LogP contribution >= 0.6 is 11.8 Å². The molecule has 0 aliphatic carbocycles. The van der Waals surface area contributed by atoms with Crippen LogP contribution in [0.4, 0.5) is 13.2 Å². The highest BCUT2D eigenvalue weighted by atomic mass is 32.2. The number of amides is 1. The Hall–Kier alpha value is -0.960. The number of hydrogen-bond acceptors (Lipinski definition) is 4. The fourth-order valence-electron chi connectivity index (χ4n) is 0.608. The molecular formula is C7H10F3NO4S. The number of aliphatic hydroxyl groups is 1. The Bertz CT molecular complexity index is 259. The second-order valence-electron chi connectivity index (χ2n) is 2.75. The molecule has 0 radical (unpaired) electrons. The molecule has 94 valence electrons. The van der Waals surface area contributed by atoms with Gasteiger partial charge < -0.3 is 15.5 Å². The smallest absolute Gasteiger partial charge is 0.416 e. The van der Waals surface area contributed by atoms with Gasteiger partial charge in [-0.05, 0) is 0 Å². The highest BCUT2D eigenvalue weighted by molar-refractivity contribution is 8.00. The molecule has 0 saturated heterocycles. The van der Waals surface area contributed by atoms with Crippen molar-refractivity contribution in [3.05, 3.63) is 0 Å². The van der Waals surface area contributed by atoms with Gasteiger partial charge in [0.2, 0.25) is 5.91 Å². The normalized spacial score (nSPS) is 13.2.